The van der Waals surface area contributed by atoms with Gasteiger partial charge in [0, 0.05) is 30.0 Å². The molecule has 0 radical (unpaired) electrons. The predicted octanol–water partition coefficient (Wildman–Crippen LogP) is 4.28. The van der Waals surface area contributed by atoms with Crippen LogP contribution in [0.5, 0.6) is 0 Å². The van der Waals surface area contributed by atoms with Crippen molar-refractivity contribution < 1.29 is 9.59 Å². The Morgan fingerprint density at radius 2 is 1.63 bits per heavy atom. The Hall–Kier alpha value is -2.17. The van der Waals surface area contributed by atoms with Crippen molar-refractivity contribution in [3.05, 3.63) is 70.2 Å². The lowest BCUT2D eigenvalue weighted by molar-refractivity contribution is -0.121. The molecule has 0 saturated carbocycles. The Kier molecular flexibility index (Phi) is 8.01. The normalized spacial score (nSPS) is 12.0. The van der Waals surface area contributed by atoms with E-state index in [-0.39, 0.29) is 30.6 Å². The zero-order valence-electron chi connectivity index (χ0n) is 16.2. The summed E-state index contributed by atoms with van der Waals surface area (Å²) in [6.45, 7) is 2.64. The third-order valence-corrected chi connectivity index (χ3v) is 4.89. The fourth-order valence-corrected chi connectivity index (χ4v) is 3.01. The number of amides is 1. The van der Waals surface area contributed by atoms with Crippen LogP contribution in [0.15, 0.2) is 48.5 Å². The van der Waals surface area contributed by atoms with E-state index >= 15 is 0 Å². The van der Waals surface area contributed by atoms with Crippen LogP contribution in [-0.2, 0) is 11.2 Å². The first-order valence-electron chi connectivity index (χ1n) is 9.21. The molecule has 0 bridgehead atoms. The molecule has 1 amide bonds. The van der Waals surface area contributed by atoms with E-state index < -0.39 is 0 Å². The molecule has 0 aliphatic carbocycles. The highest BCUT2D eigenvalue weighted by molar-refractivity contribution is 6.30. The van der Waals surface area contributed by atoms with E-state index in [2.05, 4.69) is 41.4 Å². The van der Waals surface area contributed by atoms with Gasteiger partial charge in [-0.05, 0) is 55.9 Å². The van der Waals surface area contributed by atoms with Crippen LogP contribution < -0.4 is 5.32 Å². The lowest BCUT2D eigenvalue weighted by Gasteiger charge is -2.25. The van der Waals surface area contributed by atoms with Gasteiger partial charge in [-0.15, -0.1) is 0 Å². The summed E-state index contributed by atoms with van der Waals surface area (Å²) in [7, 11) is 3.99. The number of halogens is 1. The van der Waals surface area contributed by atoms with Gasteiger partial charge in [0.25, 0.3) is 0 Å². The maximum atomic E-state index is 12.2. The molecule has 2 rings (SSSR count). The van der Waals surface area contributed by atoms with E-state index in [0.29, 0.717) is 17.1 Å². The van der Waals surface area contributed by atoms with E-state index in [1.807, 2.05) is 14.1 Å². The Balaban J connectivity index is 1.86. The minimum absolute atomic E-state index is 0.0545. The lowest BCUT2D eigenvalue weighted by atomic mass is 10.0. The maximum Gasteiger partial charge on any atom is 0.220 e. The molecule has 5 heteroatoms. The molecule has 2 aromatic carbocycles. The van der Waals surface area contributed by atoms with E-state index in [9.17, 15) is 9.59 Å². The van der Waals surface area contributed by atoms with Crippen molar-refractivity contribution in [3.63, 3.8) is 0 Å². The zero-order valence-corrected chi connectivity index (χ0v) is 16.9. The highest BCUT2D eigenvalue weighted by Gasteiger charge is 2.16. The number of aryl methyl sites for hydroxylation is 1. The summed E-state index contributed by atoms with van der Waals surface area (Å²) in [5, 5.41) is 3.54. The number of Topliss-reactive ketones (excluding diaryl/α,β-unsaturated/α-hetero) is 1. The number of carbonyl (C=O) groups is 2. The smallest absolute Gasteiger partial charge is 0.220 e. The fraction of sp³-hybridized carbons (Fsp3) is 0.364. The standard InChI is InChI=1S/C22H27ClN2O2/c1-4-16-5-7-17(8-6-16)20(25(2)3)15-24-22(27)14-13-21(26)18-9-11-19(23)12-10-18/h5-12,20H,4,13-15H2,1-3H3,(H,24,27). The molecule has 1 unspecified atom stereocenters. The van der Waals surface area contributed by atoms with Gasteiger partial charge in [-0.1, -0.05) is 42.8 Å². The summed E-state index contributed by atoms with van der Waals surface area (Å²) in [4.78, 5) is 26.4. The van der Waals surface area contributed by atoms with Crippen LogP contribution in [0, 0.1) is 0 Å². The second kappa shape index (κ2) is 10.2. The molecule has 2 aromatic rings. The van der Waals surface area contributed by atoms with Crippen LogP contribution in [0.1, 0.15) is 47.3 Å². The van der Waals surface area contributed by atoms with E-state index in [0.717, 1.165) is 12.0 Å². The van der Waals surface area contributed by atoms with Gasteiger partial charge in [0.15, 0.2) is 5.78 Å². The number of likely N-dealkylation sites (N-methyl/N-ethyl adjacent to an activating group) is 1. The molecule has 0 aromatic heterocycles. The second-order valence-corrected chi connectivity index (χ2v) is 7.25. The SMILES string of the molecule is CCc1ccc(C(CNC(=O)CCC(=O)c2ccc(Cl)cc2)N(C)C)cc1. The summed E-state index contributed by atoms with van der Waals surface area (Å²) >= 11 is 5.83. The summed E-state index contributed by atoms with van der Waals surface area (Å²) in [6.07, 6.45) is 1.37. The second-order valence-electron chi connectivity index (χ2n) is 6.81. The van der Waals surface area contributed by atoms with Crippen LogP contribution >= 0.6 is 11.6 Å². The molecule has 0 aliphatic rings. The molecule has 0 spiro atoms. The minimum Gasteiger partial charge on any atom is -0.354 e. The van der Waals surface area contributed by atoms with Gasteiger partial charge in [0.2, 0.25) is 5.91 Å². The first kappa shape index (κ1) is 21.1. The highest BCUT2D eigenvalue weighted by atomic mass is 35.5. The molecule has 4 nitrogen and oxygen atoms in total. The average Bonchev–Trinajstić information content (AvgIpc) is 2.67. The number of hydrogen-bond acceptors (Lipinski definition) is 3. The molecular weight excluding hydrogens is 360 g/mol. The van der Waals surface area contributed by atoms with Crippen molar-refractivity contribution >= 4 is 23.3 Å². The van der Waals surface area contributed by atoms with Gasteiger partial charge < -0.3 is 10.2 Å². The van der Waals surface area contributed by atoms with Crippen molar-refractivity contribution in [2.45, 2.75) is 32.2 Å². The topological polar surface area (TPSA) is 49.4 Å². The largest absolute Gasteiger partial charge is 0.354 e. The Morgan fingerprint density at radius 1 is 1.00 bits per heavy atom. The molecule has 0 aliphatic heterocycles. The van der Waals surface area contributed by atoms with Gasteiger partial charge in [0.05, 0.1) is 6.04 Å². The van der Waals surface area contributed by atoms with E-state index in [4.69, 9.17) is 11.6 Å². The van der Waals surface area contributed by atoms with Gasteiger partial charge in [-0.2, -0.15) is 0 Å². The van der Waals surface area contributed by atoms with Crippen molar-refractivity contribution in [1.82, 2.24) is 10.2 Å². The van der Waals surface area contributed by atoms with Gasteiger partial charge >= 0.3 is 0 Å². The first-order chi connectivity index (χ1) is 12.9. The highest BCUT2D eigenvalue weighted by Crippen LogP contribution is 2.18. The molecule has 0 heterocycles. The van der Waals surface area contributed by atoms with Crippen molar-refractivity contribution in [2.75, 3.05) is 20.6 Å². The first-order valence-corrected chi connectivity index (χ1v) is 9.59. The summed E-state index contributed by atoms with van der Waals surface area (Å²) < 4.78 is 0. The Labute approximate surface area is 166 Å². The monoisotopic (exact) mass is 386 g/mol. The van der Waals surface area contributed by atoms with Crippen molar-refractivity contribution in [1.29, 1.82) is 0 Å². The van der Waals surface area contributed by atoms with Gasteiger partial charge in [-0.25, -0.2) is 0 Å². The van der Waals surface area contributed by atoms with Crippen molar-refractivity contribution in [3.8, 4) is 0 Å². The number of benzene rings is 2. The van der Waals surface area contributed by atoms with Gasteiger partial charge in [0.1, 0.15) is 0 Å². The lowest BCUT2D eigenvalue weighted by Crippen LogP contribution is -2.34. The predicted molar refractivity (Wildman–Crippen MR) is 110 cm³/mol. The molecule has 1 N–H and O–H groups in total. The summed E-state index contributed by atoms with van der Waals surface area (Å²) in [5.74, 6) is -0.171. The number of carbonyl (C=O) groups excluding carboxylic acids is 2. The molecule has 1 atom stereocenters. The molecule has 144 valence electrons. The van der Waals surface area contributed by atoms with Crippen molar-refractivity contribution in [2.24, 2.45) is 0 Å². The number of nitrogens with zero attached hydrogens (tertiary/aromatic N) is 1. The summed E-state index contributed by atoms with van der Waals surface area (Å²) in [6, 6.07) is 15.3. The Bertz CT molecular complexity index is 755. The number of ketones is 1. The number of hydrogen-bond donors (Lipinski definition) is 1. The Morgan fingerprint density at radius 3 is 2.19 bits per heavy atom. The molecule has 0 saturated heterocycles. The number of rotatable bonds is 9. The fourth-order valence-electron chi connectivity index (χ4n) is 2.88. The number of nitrogens with one attached hydrogen (secondary N) is 1. The van der Waals surface area contributed by atoms with Gasteiger partial charge in [-0.3, -0.25) is 9.59 Å². The quantitative estimate of drug-likeness (QED) is 0.654. The molecule has 27 heavy (non-hydrogen) atoms. The van der Waals surface area contributed by atoms with E-state index in [1.165, 1.54) is 5.56 Å². The van der Waals surface area contributed by atoms with Crippen LogP contribution in [0.4, 0.5) is 0 Å². The maximum absolute atomic E-state index is 12.2. The third kappa shape index (κ3) is 6.49. The van der Waals surface area contributed by atoms with Crippen LogP contribution in [0.2, 0.25) is 5.02 Å². The zero-order chi connectivity index (χ0) is 19.8. The minimum atomic E-state index is -0.116. The molecule has 0 fully saturated rings. The summed E-state index contributed by atoms with van der Waals surface area (Å²) in [5.41, 5.74) is 3.03. The average molecular weight is 387 g/mol. The van der Waals surface area contributed by atoms with Crippen LogP contribution in [0.3, 0.4) is 0 Å². The van der Waals surface area contributed by atoms with Crippen LogP contribution in [-0.4, -0.2) is 37.2 Å². The van der Waals surface area contributed by atoms with E-state index in [1.54, 1.807) is 24.3 Å². The third-order valence-electron chi connectivity index (χ3n) is 4.63. The van der Waals surface area contributed by atoms with Crippen LogP contribution in [0.25, 0.3) is 0 Å². The molecular formula is C22H27ClN2O2.